The molecule has 8 nitrogen and oxygen atoms in total. The third-order valence-electron chi connectivity index (χ3n) is 10.3. The Morgan fingerprint density at radius 3 is 0.456 bits per heavy atom. The van der Waals surface area contributed by atoms with Gasteiger partial charge in [-0.05, 0) is 24.3 Å². The van der Waals surface area contributed by atoms with Crippen LogP contribution in [-0.4, -0.2) is 45.3 Å². The van der Waals surface area contributed by atoms with Gasteiger partial charge in [0.05, 0.1) is 0 Å². The molecule has 0 saturated carbocycles. The average molecular weight is 1420 g/mol. The molecule has 4 N–H and O–H groups in total. The van der Waals surface area contributed by atoms with Gasteiger partial charge in [-0.3, -0.25) is 0 Å². The largest absolute Gasteiger partial charge is 0.504 e. The summed E-state index contributed by atoms with van der Waals surface area (Å²) in [5.41, 5.74) is -8.83. The second-order valence-corrected chi connectivity index (χ2v) is 16.0. The first-order valence-corrected chi connectivity index (χ1v) is 21.9. The van der Waals surface area contributed by atoms with Crippen molar-refractivity contribution in [2.24, 2.45) is 20.0 Å². The number of hydrogen-bond acceptors (Lipinski definition) is 8. The Bertz CT molecular complexity index is 3580. The van der Waals surface area contributed by atoms with Crippen molar-refractivity contribution in [2.75, 3.05) is 0 Å². The minimum Gasteiger partial charge on any atom is -0.504 e. The van der Waals surface area contributed by atoms with Crippen LogP contribution in [0.1, 0.15) is 22.3 Å². The van der Waals surface area contributed by atoms with Gasteiger partial charge in [0.25, 0.3) is 0 Å². The predicted octanol–water partition coefficient (Wildman–Crippen LogP) is 16.5. The van der Waals surface area contributed by atoms with Crippen molar-refractivity contribution in [3.8, 4) is 23.0 Å². The van der Waals surface area contributed by atoms with Crippen LogP contribution in [0.4, 0.5) is 146 Å². The SMILES string of the molecule is Oc1c(F)cc(F)cc1C=Nc1c(F)c(F)c(F)c(F)c1F.Oc1c(F)cc(F)cc1C=Nc1c(F)c(F)c(F)c(F)c1F.Oc1c(F)cc(F)cc1C=Nc1c(F)c(F)c(F)c(F)c1F.Oc1c(F)cc(F)cc1C=Nc1c(F)c(F)c(F)c(F)c1F.[Cu].[Cu]. The molecule has 90 heavy (non-hydrogen) atoms. The zero-order chi connectivity index (χ0) is 66.4. The van der Waals surface area contributed by atoms with Crippen molar-refractivity contribution in [1.82, 2.24) is 0 Å². The van der Waals surface area contributed by atoms with Crippen LogP contribution in [0.15, 0.2) is 68.5 Å². The van der Waals surface area contributed by atoms with Crippen molar-refractivity contribution in [3.05, 3.63) is 234 Å². The molecule has 0 spiro atoms. The van der Waals surface area contributed by atoms with E-state index in [4.69, 9.17) is 0 Å². The average Bonchev–Trinajstić information content (AvgIpc) is 1.45. The third kappa shape index (κ3) is 16.3. The summed E-state index contributed by atoms with van der Waals surface area (Å²) in [5, 5.41) is 37.1. The van der Waals surface area contributed by atoms with Crippen molar-refractivity contribution < 1.29 is 177 Å². The molecule has 0 aliphatic rings. The maximum atomic E-state index is 13.3. The number of phenols is 4. The summed E-state index contributed by atoms with van der Waals surface area (Å²) in [6, 6.07) is 3.50. The van der Waals surface area contributed by atoms with Crippen LogP contribution in [0, 0.1) is 163 Å². The van der Waals surface area contributed by atoms with Gasteiger partial charge in [0.1, 0.15) is 46.0 Å². The first-order chi connectivity index (χ1) is 40.9. The topological polar surface area (TPSA) is 130 Å². The number of phenolic OH excluding ortho intramolecular Hbond substituents is 4. The van der Waals surface area contributed by atoms with E-state index >= 15 is 0 Å². The molecule has 0 saturated heterocycles. The smallest absolute Gasteiger partial charge is 0.200 e. The number of benzene rings is 8. The molecule has 8 aromatic rings. The van der Waals surface area contributed by atoms with E-state index in [9.17, 15) is 143 Å². The van der Waals surface area contributed by atoms with Crippen LogP contribution in [0.25, 0.3) is 0 Å². The molecule has 0 unspecified atom stereocenters. The molecule has 486 valence electrons. The van der Waals surface area contributed by atoms with E-state index in [0.29, 0.717) is 73.4 Å². The van der Waals surface area contributed by atoms with Gasteiger partial charge in [0.15, 0.2) is 139 Å². The molecule has 0 amide bonds. The number of nitrogens with zero attached hydrogens (tertiary/aromatic N) is 4. The van der Waals surface area contributed by atoms with E-state index in [-0.39, 0.29) is 34.1 Å². The van der Waals surface area contributed by atoms with Crippen LogP contribution in [-0.2, 0) is 34.1 Å². The van der Waals surface area contributed by atoms with Crippen molar-refractivity contribution in [1.29, 1.82) is 0 Å². The predicted molar refractivity (Wildman–Crippen MR) is 246 cm³/mol. The van der Waals surface area contributed by atoms with Crippen molar-refractivity contribution >= 4 is 47.6 Å². The third-order valence-corrected chi connectivity index (χ3v) is 10.3. The maximum Gasteiger partial charge on any atom is 0.200 e. The van der Waals surface area contributed by atoms with Crippen LogP contribution < -0.4 is 0 Å². The zero-order valence-electron chi connectivity index (χ0n) is 41.7. The Balaban J connectivity index is 0.000000311. The first-order valence-electron chi connectivity index (χ1n) is 21.9. The van der Waals surface area contributed by atoms with E-state index in [1.54, 1.807) is 0 Å². The summed E-state index contributed by atoms with van der Waals surface area (Å²) >= 11 is 0. The van der Waals surface area contributed by atoms with Crippen LogP contribution in [0.2, 0.25) is 0 Å². The van der Waals surface area contributed by atoms with Gasteiger partial charge < -0.3 is 20.4 Å². The van der Waals surface area contributed by atoms with E-state index in [1.165, 1.54) is 0 Å². The van der Waals surface area contributed by atoms with Gasteiger partial charge in [0.2, 0.25) is 23.3 Å². The van der Waals surface area contributed by atoms with Crippen LogP contribution in [0.3, 0.4) is 0 Å². The molecule has 2 radical (unpaired) electrons. The van der Waals surface area contributed by atoms with E-state index < -0.39 is 231 Å². The normalized spacial score (nSPS) is 11.2. The van der Waals surface area contributed by atoms with Gasteiger partial charge in [-0.1, -0.05) is 0 Å². The number of halogens is 28. The standard InChI is InChI=1S/4C13H4F7NO.2Cu/c4*14-5-1-4(13(22)6(15)2-5)3-21-12-10(19)8(17)7(16)9(18)11(12)20;;/h4*1-3,22H;;. The van der Waals surface area contributed by atoms with Gasteiger partial charge in [0, 0.05) is 106 Å². The van der Waals surface area contributed by atoms with Crippen molar-refractivity contribution in [3.63, 3.8) is 0 Å². The summed E-state index contributed by atoms with van der Waals surface area (Å²) in [4.78, 5) is 11.9. The molecule has 0 aliphatic heterocycles. The Kier molecular flexibility index (Phi) is 25.6. The molecule has 0 heterocycles. The molecule has 8 rings (SSSR count). The van der Waals surface area contributed by atoms with Gasteiger partial charge >= 0.3 is 0 Å². The van der Waals surface area contributed by atoms with E-state index in [0.717, 1.165) is 0 Å². The minimum atomic E-state index is -2.37. The second kappa shape index (κ2) is 30.8. The molecule has 0 fully saturated rings. The molecule has 0 atom stereocenters. The Hall–Kier alpha value is -9.28. The first kappa shape index (κ1) is 75.0. The molecule has 0 aliphatic carbocycles. The summed E-state index contributed by atoms with van der Waals surface area (Å²) < 4.78 is 365. The van der Waals surface area contributed by atoms with Crippen LogP contribution in [0.5, 0.6) is 23.0 Å². The Morgan fingerprint density at radius 2 is 0.322 bits per heavy atom. The zero-order valence-corrected chi connectivity index (χ0v) is 43.6. The molecular formula is C52H16Cu2F28N4O4. The maximum absolute atomic E-state index is 13.3. The second-order valence-electron chi connectivity index (χ2n) is 16.0. The molecule has 0 bridgehead atoms. The van der Waals surface area contributed by atoms with Gasteiger partial charge in [-0.2, -0.15) is 0 Å². The quantitative estimate of drug-likeness (QED) is 0.0397. The van der Waals surface area contributed by atoms with E-state index in [2.05, 4.69) is 20.0 Å². The fraction of sp³-hybridized carbons (Fsp3) is 0. The summed E-state index contributed by atoms with van der Waals surface area (Å²) in [6.45, 7) is 0. The fourth-order valence-electron chi connectivity index (χ4n) is 6.10. The minimum absolute atomic E-state index is 0. The molecule has 8 aromatic carbocycles. The van der Waals surface area contributed by atoms with Crippen LogP contribution >= 0.6 is 0 Å². The summed E-state index contributed by atoms with van der Waals surface area (Å²) in [6.07, 6.45) is 1.44. The molecule has 38 heteroatoms. The Morgan fingerprint density at radius 1 is 0.200 bits per heavy atom. The monoisotopic (exact) mass is 1420 g/mol. The van der Waals surface area contributed by atoms with Gasteiger partial charge in [-0.25, -0.2) is 143 Å². The summed E-state index contributed by atoms with van der Waals surface area (Å²) in [7, 11) is 0. The molecule has 0 aromatic heterocycles. The number of aromatic hydroxyl groups is 4. The number of aliphatic imine (C=N–C) groups is 4. The van der Waals surface area contributed by atoms with Crippen molar-refractivity contribution in [2.45, 2.75) is 0 Å². The number of hydrogen-bond donors (Lipinski definition) is 4. The van der Waals surface area contributed by atoms with E-state index in [1.807, 2.05) is 0 Å². The number of rotatable bonds is 8. The summed E-state index contributed by atoms with van der Waals surface area (Å²) in [5.74, 6) is -59.5. The molecular weight excluding hydrogens is 1400 g/mol. The fourth-order valence-corrected chi connectivity index (χ4v) is 6.10. The van der Waals surface area contributed by atoms with Gasteiger partial charge in [-0.15, -0.1) is 0 Å². The Labute approximate surface area is 500 Å².